The molecule has 0 aliphatic carbocycles. The summed E-state index contributed by atoms with van der Waals surface area (Å²) >= 11 is 0. The monoisotopic (exact) mass is 152 g/mol. The highest BCUT2D eigenvalue weighted by Gasteiger charge is 2.09. The van der Waals surface area contributed by atoms with E-state index in [0.717, 1.165) is 0 Å². The van der Waals surface area contributed by atoms with Gasteiger partial charge in [0, 0.05) is 12.5 Å². The second-order valence-corrected chi connectivity index (χ2v) is 2.10. The summed E-state index contributed by atoms with van der Waals surface area (Å²) in [5.74, 6) is 2.14. The van der Waals surface area contributed by atoms with Crippen LogP contribution in [0.1, 0.15) is 18.2 Å². The van der Waals surface area contributed by atoms with Crippen LogP contribution in [0.4, 0.5) is 0 Å². The molecule has 0 saturated carbocycles. The normalized spacial score (nSPS) is 12.4. The van der Waals surface area contributed by atoms with Crippen molar-refractivity contribution in [1.29, 1.82) is 0 Å². The molecule has 1 atom stereocenters. The van der Waals surface area contributed by atoms with Gasteiger partial charge in [-0.15, -0.1) is 12.3 Å². The van der Waals surface area contributed by atoms with Gasteiger partial charge in [-0.25, -0.2) is 0 Å². The lowest BCUT2D eigenvalue weighted by molar-refractivity contribution is 0.275. The number of aromatic hydroxyl groups is 1. The highest BCUT2D eigenvalue weighted by molar-refractivity contribution is 5.13. The van der Waals surface area contributed by atoms with Crippen LogP contribution in [0.5, 0.6) is 5.95 Å². The topological polar surface area (TPSA) is 72.3 Å². The SMILES string of the molecule is C#CC[C@H](N)c1cc(O)on1. The summed E-state index contributed by atoms with van der Waals surface area (Å²) in [5.41, 5.74) is 6.02. The summed E-state index contributed by atoms with van der Waals surface area (Å²) in [7, 11) is 0. The van der Waals surface area contributed by atoms with Gasteiger partial charge in [0.05, 0.1) is 6.04 Å². The summed E-state index contributed by atoms with van der Waals surface area (Å²) < 4.78 is 4.39. The van der Waals surface area contributed by atoms with E-state index in [0.29, 0.717) is 12.1 Å². The molecular formula is C7H8N2O2. The molecule has 0 bridgehead atoms. The molecule has 1 aromatic heterocycles. The van der Waals surface area contributed by atoms with Crippen LogP contribution in [0.25, 0.3) is 0 Å². The van der Waals surface area contributed by atoms with Gasteiger partial charge < -0.3 is 15.4 Å². The molecule has 3 N–H and O–H groups in total. The number of aromatic nitrogens is 1. The molecule has 1 rings (SSSR count). The molecule has 0 fully saturated rings. The van der Waals surface area contributed by atoms with Crippen molar-refractivity contribution in [1.82, 2.24) is 5.16 Å². The third-order valence-electron chi connectivity index (χ3n) is 1.23. The summed E-state index contributed by atoms with van der Waals surface area (Å²) in [6.45, 7) is 0. The molecule has 0 saturated heterocycles. The standard InChI is InChI=1S/C7H8N2O2/c1-2-3-5(8)6-4-7(10)11-9-6/h1,4-5,10H,3,8H2/t5-/m0/s1. The van der Waals surface area contributed by atoms with Crippen LogP contribution in [0, 0.1) is 12.3 Å². The van der Waals surface area contributed by atoms with Crippen molar-refractivity contribution in [2.75, 3.05) is 0 Å². The molecule has 0 spiro atoms. The van der Waals surface area contributed by atoms with Gasteiger partial charge in [0.15, 0.2) is 0 Å². The minimum atomic E-state index is -0.357. The Morgan fingerprint density at radius 3 is 3.09 bits per heavy atom. The van der Waals surface area contributed by atoms with Crippen molar-refractivity contribution in [3.05, 3.63) is 11.8 Å². The predicted molar refractivity (Wildman–Crippen MR) is 38.5 cm³/mol. The van der Waals surface area contributed by atoms with E-state index in [4.69, 9.17) is 17.3 Å². The highest BCUT2D eigenvalue weighted by Crippen LogP contribution is 2.16. The molecule has 0 aromatic carbocycles. The minimum Gasteiger partial charge on any atom is -0.479 e. The van der Waals surface area contributed by atoms with Crippen molar-refractivity contribution in [2.45, 2.75) is 12.5 Å². The molecule has 58 valence electrons. The minimum absolute atomic E-state index is 0.243. The molecule has 11 heavy (non-hydrogen) atoms. The van der Waals surface area contributed by atoms with Crippen LogP contribution in [-0.4, -0.2) is 10.3 Å². The number of hydrogen-bond acceptors (Lipinski definition) is 4. The molecule has 4 nitrogen and oxygen atoms in total. The van der Waals surface area contributed by atoms with Gasteiger partial charge >= 0.3 is 5.95 Å². The lowest BCUT2D eigenvalue weighted by Gasteiger charge is -1.99. The maximum absolute atomic E-state index is 8.73. The quantitative estimate of drug-likeness (QED) is 0.602. The van der Waals surface area contributed by atoms with Crippen LogP contribution in [0.15, 0.2) is 10.6 Å². The Morgan fingerprint density at radius 1 is 1.91 bits per heavy atom. The van der Waals surface area contributed by atoms with Crippen molar-refractivity contribution >= 4 is 0 Å². The Hall–Kier alpha value is -1.47. The van der Waals surface area contributed by atoms with Gasteiger partial charge in [-0.1, -0.05) is 5.16 Å². The molecular weight excluding hydrogens is 144 g/mol. The average Bonchev–Trinajstić information content (AvgIpc) is 2.36. The van der Waals surface area contributed by atoms with E-state index in [9.17, 15) is 0 Å². The van der Waals surface area contributed by atoms with E-state index >= 15 is 0 Å². The van der Waals surface area contributed by atoms with E-state index in [-0.39, 0.29) is 12.0 Å². The molecule has 0 aliphatic rings. The van der Waals surface area contributed by atoms with E-state index in [1.54, 1.807) is 0 Å². The number of terminal acetylenes is 1. The van der Waals surface area contributed by atoms with Crippen LogP contribution >= 0.6 is 0 Å². The highest BCUT2D eigenvalue weighted by atomic mass is 16.5. The first-order valence-electron chi connectivity index (χ1n) is 3.08. The van der Waals surface area contributed by atoms with E-state index in [1.807, 2.05) is 0 Å². The smallest absolute Gasteiger partial charge is 0.309 e. The molecule has 0 amide bonds. The second-order valence-electron chi connectivity index (χ2n) is 2.10. The van der Waals surface area contributed by atoms with Crippen LogP contribution < -0.4 is 5.73 Å². The predicted octanol–water partition coefficient (Wildman–Crippen LogP) is 0.403. The Morgan fingerprint density at radius 2 is 2.64 bits per heavy atom. The van der Waals surface area contributed by atoms with Gasteiger partial charge in [0.1, 0.15) is 5.69 Å². The maximum atomic E-state index is 8.73. The summed E-state index contributed by atoms with van der Waals surface area (Å²) in [4.78, 5) is 0. The third kappa shape index (κ3) is 1.72. The van der Waals surface area contributed by atoms with Crippen molar-refractivity contribution < 1.29 is 9.63 Å². The largest absolute Gasteiger partial charge is 0.479 e. The van der Waals surface area contributed by atoms with Crippen LogP contribution in [0.2, 0.25) is 0 Å². The van der Waals surface area contributed by atoms with Crippen LogP contribution in [-0.2, 0) is 0 Å². The first-order valence-corrected chi connectivity index (χ1v) is 3.08. The molecule has 1 heterocycles. The summed E-state index contributed by atoms with van der Waals surface area (Å²) in [6.07, 6.45) is 5.40. The zero-order valence-electron chi connectivity index (χ0n) is 5.82. The lowest BCUT2D eigenvalue weighted by Crippen LogP contribution is -2.09. The van der Waals surface area contributed by atoms with Gasteiger partial charge in [-0.2, -0.15) is 0 Å². The van der Waals surface area contributed by atoms with E-state index in [2.05, 4.69) is 15.6 Å². The zero-order valence-corrected chi connectivity index (χ0v) is 5.82. The Bertz CT molecular complexity index is 274. The van der Waals surface area contributed by atoms with Gasteiger partial charge in [-0.05, 0) is 0 Å². The average molecular weight is 152 g/mol. The first-order chi connectivity index (χ1) is 5.24. The molecule has 0 aliphatic heterocycles. The first kappa shape index (κ1) is 7.63. The van der Waals surface area contributed by atoms with E-state index < -0.39 is 0 Å². The van der Waals surface area contributed by atoms with Crippen LogP contribution in [0.3, 0.4) is 0 Å². The number of nitrogens with two attached hydrogens (primary N) is 1. The number of hydrogen-bond donors (Lipinski definition) is 2. The Labute approximate surface area is 64.0 Å². The maximum Gasteiger partial charge on any atom is 0.309 e. The second kappa shape index (κ2) is 3.08. The molecule has 4 heteroatoms. The fourth-order valence-corrected chi connectivity index (χ4v) is 0.685. The fourth-order valence-electron chi connectivity index (χ4n) is 0.685. The lowest BCUT2D eigenvalue weighted by atomic mass is 10.2. The Balaban J connectivity index is 2.70. The van der Waals surface area contributed by atoms with Crippen molar-refractivity contribution in [3.8, 4) is 18.3 Å². The van der Waals surface area contributed by atoms with Gasteiger partial charge in [-0.3, -0.25) is 0 Å². The zero-order chi connectivity index (χ0) is 8.27. The van der Waals surface area contributed by atoms with Crippen molar-refractivity contribution in [2.24, 2.45) is 5.73 Å². The fraction of sp³-hybridized carbons (Fsp3) is 0.286. The number of nitrogens with zero attached hydrogens (tertiary/aromatic N) is 1. The Kier molecular flexibility index (Phi) is 2.14. The van der Waals surface area contributed by atoms with Crippen molar-refractivity contribution in [3.63, 3.8) is 0 Å². The number of rotatable bonds is 2. The molecule has 0 radical (unpaired) electrons. The third-order valence-corrected chi connectivity index (χ3v) is 1.23. The van der Waals surface area contributed by atoms with Gasteiger partial charge in [0.2, 0.25) is 0 Å². The molecule has 0 unspecified atom stereocenters. The van der Waals surface area contributed by atoms with E-state index in [1.165, 1.54) is 6.07 Å². The molecule has 1 aromatic rings. The summed E-state index contributed by atoms with van der Waals surface area (Å²) in [5, 5.41) is 12.2. The summed E-state index contributed by atoms with van der Waals surface area (Å²) in [6, 6.07) is 0.992. The van der Waals surface area contributed by atoms with Gasteiger partial charge in [0.25, 0.3) is 0 Å².